The molecular formula is C13H26N2O. The summed E-state index contributed by atoms with van der Waals surface area (Å²) in [5.41, 5.74) is 6.01. The molecule has 3 heteroatoms. The zero-order valence-corrected chi connectivity index (χ0v) is 10.8. The number of amides is 1. The molecule has 94 valence electrons. The molecule has 0 aliphatic heterocycles. The van der Waals surface area contributed by atoms with E-state index in [4.69, 9.17) is 5.73 Å². The van der Waals surface area contributed by atoms with Gasteiger partial charge >= 0.3 is 0 Å². The third-order valence-electron chi connectivity index (χ3n) is 3.99. The first-order valence-electron chi connectivity index (χ1n) is 6.65. The van der Waals surface area contributed by atoms with E-state index in [1.807, 2.05) is 18.7 Å². The summed E-state index contributed by atoms with van der Waals surface area (Å²) in [6.45, 7) is 6.38. The van der Waals surface area contributed by atoms with E-state index in [0.29, 0.717) is 13.0 Å². The zero-order chi connectivity index (χ0) is 12.0. The normalized spacial score (nSPS) is 19.4. The molecule has 0 unspecified atom stereocenters. The van der Waals surface area contributed by atoms with E-state index in [1.54, 1.807) is 0 Å². The van der Waals surface area contributed by atoms with Gasteiger partial charge in [0.2, 0.25) is 5.91 Å². The minimum atomic E-state index is 0.109. The highest BCUT2D eigenvalue weighted by atomic mass is 16.2. The van der Waals surface area contributed by atoms with Crippen LogP contribution in [-0.4, -0.2) is 30.4 Å². The Hall–Kier alpha value is -0.570. The Bertz CT molecular complexity index is 218. The Kier molecular flexibility index (Phi) is 5.26. The summed E-state index contributed by atoms with van der Waals surface area (Å²) in [7, 11) is 0. The Morgan fingerprint density at radius 2 is 1.75 bits per heavy atom. The third kappa shape index (κ3) is 3.21. The van der Waals surface area contributed by atoms with E-state index in [-0.39, 0.29) is 11.3 Å². The van der Waals surface area contributed by atoms with Gasteiger partial charge in [-0.15, -0.1) is 0 Å². The molecule has 0 radical (unpaired) electrons. The highest BCUT2D eigenvalue weighted by Crippen LogP contribution is 2.38. The summed E-state index contributed by atoms with van der Waals surface area (Å²) in [6, 6.07) is 0. The summed E-state index contributed by atoms with van der Waals surface area (Å²) in [5, 5.41) is 0. The van der Waals surface area contributed by atoms with Gasteiger partial charge in [0.1, 0.15) is 0 Å². The van der Waals surface area contributed by atoms with Crippen molar-refractivity contribution in [3.05, 3.63) is 0 Å². The molecular weight excluding hydrogens is 200 g/mol. The van der Waals surface area contributed by atoms with E-state index < -0.39 is 0 Å². The van der Waals surface area contributed by atoms with Crippen molar-refractivity contribution in [3.8, 4) is 0 Å². The van der Waals surface area contributed by atoms with Gasteiger partial charge in [-0.05, 0) is 38.6 Å². The SMILES string of the molecule is CCN(CC)C(=O)CC1(CN)CCCCC1. The second-order valence-corrected chi connectivity index (χ2v) is 5.01. The largest absolute Gasteiger partial charge is 0.343 e. The van der Waals surface area contributed by atoms with Gasteiger partial charge in [0.25, 0.3) is 0 Å². The topological polar surface area (TPSA) is 46.3 Å². The summed E-state index contributed by atoms with van der Waals surface area (Å²) >= 11 is 0. The van der Waals surface area contributed by atoms with E-state index in [1.165, 1.54) is 19.3 Å². The first-order valence-corrected chi connectivity index (χ1v) is 6.65. The molecule has 1 aliphatic rings. The first-order chi connectivity index (χ1) is 7.67. The Balaban J connectivity index is 2.57. The number of hydrogen-bond acceptors (Lipinski definition) is 2. The second kappa shape index (κ2) is 6.24. The monoisotopic (exact) mass is 226 g/mol. The third-order valence-corrected chi connectivity index (χ3v) is 3.99. The molecule has 0 bridgehead atoms. The standard InChI is InChI=1S/C13H26N2O/c1-3-15(4-2)12(16)10-13(11-14)8-6-5-7-9-13/h3-11,14H2,1-2H3. The van der Waals surface area contributed by atoms with Crippen LogP contribution in [0, 0.1) is 5.41 Å². The molecule has 1 saturated carbocycles. The van der Waals surface area contributed by atoms with Crippen molar-refractivity contribution in [3.63, 3.8) is 0 Å². The van der Waals surface area contributed by atoms with Crippen molar-refractivity contribution >= 4 is 5.91 Å². The fourth-order valence-corrected chi connectivity index (χ4v) is 2.76. The fourth-order valence-electron chi connectivity index (χ4n) is 2.76. The molecule has 1 fully saturated rings. The van der Waals surface area contributed by atoms with Crippen LogP contribution < -0.4 is 5.73 Å². The van der Waals surface area contributed by atoms with E-state index in [0.717, 1.165) is 25.9 Å². The summed E-state index contributed by atoms with van der Waals surface area (Å²) in [5.74, 6) is 0.289. The zero-order valence-electron chi connectivity index (χ0n) is 10.8. The van der Waals surface area contributed by atoms with Crippen LogP contribution in [0.15, 0.2) is 0 Å². The molecule has 1 amide bonds. The first kappa shape index (κ1) is 13.5. The molecule has 0 saturated heterocycles. The number of nitrogens with zero attached hydrogens (tertiary/aromatic N) is 1. The van der Waals surface area contributed by atoms with Gasteiger partial charge in [0.05, 0.1) is 0 Å². The van der Waals surface area contributed by atoms with Crippen molar-refractivity contribution in [1.82, 2.24) is 4.90 Å². The van der Waals surface area contributed by atoms with Crippen molar-refractivity contribution in [2.24, 2.45) is 11.1 Å². The van der Waals surface area contributed by atoms with Crippen LogP contribution in [0.3, 0.4) is 0 Å². The van der Waals surface area contributed by atoms with E-state index in [9.17, 15) is 4.79 Å². The maximum absolute atomic E-state index is 12.1. The smallest absolute Gasteiger partial charge is 0.223 e. The highest BCUT2D eigenvalue weighted by Gasteiger charge is 2.33. The molecule has 1 aliphatic carbocycles. The quantitative estimate of drug-likeness (QED) is 0.781. The van der Waals surface area contributed by atoms with Gasteiger partial charge in [-0.3, -0.25) is 4.79 Å². The van der Waals surface area contributed by atoms with Crippen LogP contribution in [0.1, 0.15) is 52.4 Å². The van der Waals surface area contributed by atoms with Crippen LogP contribution in [-0.2, 0) is 4.79 Å². The molecule has 0 spiro atoms. The predicted octanol–water partition coefficient (Wildman–Crippen LogP) is 2.15. The molecule has 3 nitrogen and oxygen atoms in total. The lowest BCUT2D eigenvalue weighted by atomic mass is 9.71. The Morgan fingerprint density at radius 3 is 2.19 bits per heavy atom. The van der Waals surface area contributed by atoms with Crippen LogP contribution in [0.5, 0.6) is 0 Å². The molecule has 0 aromatic carbocycles. The Labute approximate surface area is 99.4 Å². The van der Waals surface area contributed by atoms with Crippen molar-refractivity contribution in [2.75, 3.05) is 19.6 Å². The number of nitrogens with two attached hydrogens (primary N) is 1. The van der Waals surface area contributed by atoms with Crippen LogP contribution in [0.25, 0.3) is 0 Å². The van der Waals surface area contributed by atoms with Crippen molar-refractivity contribution in [1.29, 1.82) is 0 Å². The number of carbonyl (C=O) groups excluding carboxylic acids is 1. The average Bonchev–Trinajstić information content (AvgIpc) is 2.32. The summed E-state index contributed by atoms with van der Waals surface area (Å²) in [4.78, 5) is 14.0. The minimum absolute atomic E-state index is 0.109. The summed E-state index contributed by atoms with van der Waals surface area (Å²) < 4.78 is 0. The van der Waals surface area contributed by atoms with Gasteiger partial charge in [-0.25, -0.2) is 0 Å². The maximum Gasteiger partial charge on any atom is 0.223 e. The molecule has 0 aromatic rings. The lowest BCUT2D eigenvalue weighted by molar-refractivity contribution is -0.133. The molecule has 1 rings (SSSR count). The number of rotatable bonds is 5. The number of carbonyl (C=O) groups is 1. The van der Waals surface area contributed by atoms with Crippen LogP contribution in [0.2, 0.25) is 0 Å². The average molecular weight is 226 g/mol. The van der Waals surface area contributed by atoms with Crippen molar-refractivity contribution in [2.45, 2.75) is 52.4 Å². The molecule has 16 heavy (non-hydrogen) atoms. The predicted molar refractivity (Wildman–Crippen MR) is 67.1 cm³/mol. The van der Waals surface area contributed by atoms with E-state index in [2.05, 4.69) is 0 Å². The van der Waals surface area contributed by atoms with Gasteiger partial charge < -0.3 is 10.6 Å². The molecule has 0 aromatic heterocycles. The minimum Gasteiger partial charge on any atom is -0.343 e. The van der Waals surface area contributed by atoms with Gasteiger partial charge in [0, 0.05) is 19.5 Å². The second-order valence-electron chi connectivity index (χ2n) is 5.01. The Morgan fingerprint density at radius 1 is 1.19 bits per heavy atom. The lowest BCUT2D eigenvalue weighted by Gasteiger charge is -2.37. The molecule has 2 N–H and O–H groups in total. The molecule has 0 atom stereocenters. The van der Waals surface area contributed by atoms with E-state index >= 15 is 0 Å². The maximum atomic E-state index is 12.1. The van der Waals surface area contributed by atoms with Gasteiger partial charge in [-0.2, -0.15) is 0 Å². The fraction of sp³-hybridized carbons (Fsp3) is 0.923. The van der Waals surface area contributed by atoms with Gasteiger partial charge in [-0.1, -0.05) is 19.3 Å². The number of hydrogen-bond donors (Lipinski definition) is 1. The lowest BCUT2D eigenvalue weighted by Crippen LogP contribution is -2.40. The van der Waals surface area contributed by atoms with Crippen molar-refractivity contribution < 1.29 is 4.79 Å². The van der Waals surface area contributed by atoms with Gasteiger partial charge in [0.15, 0.2) is 0 Å². The molecule has 0 heterocycles. The highest BCUT2D eigenvalue weighted by molar-refractivity contribution is 5.76. The summed E-state index contributed by atoms with van der Waals surface area (Å²) in [6.07, 6.45) is 6.71. The van der Waals surface area contributed by atoms with Crippen LogP contribution in [0.4, 0.5) is 0 Å². The van der Waals surface area contributed by atoms with Crippen LogP contribution >= 0.6 is 0 Å².